The average molecular weight is 300 g/mol. The highest BCUT2D eigenvalue weighted by molar-refractivity contribution is 9.10. The predicted octanol–water partition coefficient (Wildman–Crippen LogP) is 2.61. The Kier molecular flexibility index (Phi) is 3.54. The average Bonchev–Trinajstić information content (AvgIpc) is 2.77. The van der Waals surface area contributed by atoms with Crippen molar-refractivity contribution in [3.63, 3.8) is 0 Å². The summed E-state index contributed by atoms with van der Waals surface area (Å²) in [7, 11) is 0. The Balaban J connectivity index is 2.44. The molecule has 1 atom stereocenters. The van der Waals surface area contributed by atoms with E-state index in [2.05, 4.69) is 26.2 Å². The monoisotopic (exact) mass is 299 g/mol. The second kappa shape index (κ2) is 4.93. The zero-order chi connectivity index (χ0) is 12.4. The van der Waals surface area contributed by atoms with Crippen molar-refractivity contribution in [3.8, 4) is 5.69 Å². The summed E-state index contributed by atoms with van der Waals surface area (Å²) in [4.78, 5) is 0. The fraction of sp³-hybridized carbons (Fsp3) is 0.273. The van der Waals surface area contributed by atoms with Crippen LogP contribution in [0, 0.1) is 5.82 Å². The van der Waals surface area contributed by atoms with Crippen molar-refractivity contribution in [1.82, 2.24) is 15.0 Å². The number of halogens is 2. The number of aliphatic hydroxyl groups excluding tert-OH is 1. The van der Waals surface area contributed by atoms with E-state index < -0.39 is 11.9 Å². The maximum Gasteiger partial charge on any atom is 0.150 e. The van der Waals surface area contributed by atoms with Crippen LogP contribution in [0.2, 0.25) is 0 Å². The van der Waals surface area contributed by atoms with E-state index in [9.17, 15) is 9.50 Å². The van der Waals surface area contributed by atoms with Gasteiger partial charge in [-0.1, -0.05) is 18.2 Å². The van der Waals surface area contributed by atoms with E-state index in [1.54, 1.807) is 12.1 Å². The van der Waals surface area contributed by atoms with Crippen LogP contribution in [0.25, 0.3) is 5.69 Å². The molecule has 0 saturated carbocycles. The first-order valence-electron chi connectivity index (χ1n) is 5.18. The van der Waals surface area contributed by atoms with Crippen molar-refractivity contribution in [2.75, 3.05) is 0 Å². The predicted molar refractivity (Wildman–Crippen MR) is 64.3 cm³/mol. The van der Waals surface area contributed by atoms with E-state index in [-0.39, 0.29) is 5.69 Å². The first-order valence-corrected chi connectivity index (χ1v) is 5.97. The largest absolute Gasteiger partial charge is 0.387 e. The third kappa shape index (κ3) is 2.37. The summed E-state index contributed by atoms with van der Waals surface area (Å²) in [5.41, 5.74) is 0.720. The molecule has 1 unspecified atom stereocenters. The Labute approximate surface area is 106 Å². The molecule has 6 heteroatoms. The Morgan fingerprint density at radius 2 is 2.29 bits per heavy atom. The summed E-state index contributed by atoms with van der Waals surface area (Å²) in [5, 5.41) is 17.2. The van der Waals surface area contributed by atoms with Gasteiger partial charge in [-0.2, -0.15) is 0 Å². The van der Waals surface area contributed by atoms with E-state index in [0.29, 0.717) is 16.6 Å². The van der Waals surface area contributed by atoms with Gasteiger partial charge in [0.2, 0.25) is 0 Å². The van der Waals surface area contributed by atoms with Crippen molar-refractivity contribution in [2.45, 2.75) is 19.4 Å². The third-order valence-electron chi connectivity index (χ3n) is 2.41. The molecule has 0 bridgehead atoms. The summed E-state index contributed by atoms with van der Waals surface area (Å²) in [5.74, 6) is -0.401. The van der Waals surface area contributed by atoms with Crippen molar-refractivity contribution in [2.24, 2.45) is 0 Å². The fourth-order valence-corrected chi connectivity index (χ4v) is 1.98. The standard InChI is InChI=1S/C11H11BrFN3O/c1-2-10(17)9-6-16(15-14-9)11-7(12)4-3-5-8(11)13/h3-6,10,17H,2H2,1H3. The van der Waals surface area contributed by atoms with E-state index >= 15 is 0 Å². The number of nitrogens with zero attached hydrogens (tertiary/aromatic N) is 3. The Bertz CT molecular complexity index is 509. The second-order valence-electron chi connectivity index (χ2n) is 3.58. The van der Waals surface area contributed by atoms with Gasteiger partial charge in [0.25, 0.3) is 0 Å². The quantitative estimate of drug-likeness (QED) is 0.948. The first kappa shape index (κ1) is 12.2. The van der Waals surface area contributed by atoms with Crippen molar-refractivity contribution < 1.29 is 9.50 Å². The van der Waals surface area contributed by atoms with E-state index in [0.717, 1.165) is 0 Å². The van der Waals surface area contributed by atoms with Crippen molar-refractivity contribution in [3.05, 3.63) is 40.4 Å². The summed E-state index contributed by atoms with van der Waals surface area (Å²) in [6.45, 7) is 1.84. The van der Waals surface area contributed by atoms with E-state index in [4.69, 9.17) is 0 Å². The lowest BCUT2D eigenvalue weighted by Crippen LogP contribution is -1.99. The molecule has 17 heavy (non-hydrogen) atoms. The highest BCUT2D eigenvalue weighted by Gasteiger charge is 2.14. The number of para-hydroxylation sites is 1. The van der Waals surface area contributed by atoms with Crippen LogP contribution < -0.4 is 0 Å². The second-order valence-corrected chi connectivity index (χ2v) is 4.44. The van der Waals surface area contributed by atoms with Gasteiger partial charge in [0.15, 0.2) is 0 Å². The lowest BCUT2D eigenvalue weighted by Gasteiger charge is -2.04. The van der Waals surface area contributed by atoms with Crippen LogP contribution in [0.1, 0.15) is 25.1 Å². The molecule has 2 aromatic rings. The smallest absolute Gasteiger partial charge is 0.150 e. The summed E-state index contributed by atoms with van der Waals surface area (Å²) in [6, 6.07) is 4.66. The molecular weight excluding hydrogens is 289 g/mol. The maximum atomic E-state index is 13.6. The van der Waals surface area contributed by atoms with Gasteiger partial charge in [0.1, 0.15) is 17.2 Å². The molecule has 0 saturated heterocycles. The minimum absolute atomic E-state index is 0.287. The molecule has 90 valence electrons. The summed E-state index contributed by atoms with van der Waals surface area (Å²) < 4.78 is 15.5. The van der Waals surface area contributed by atoms with Crippen LogP contribution in [0.4, 0.5) is 4.39 Å². The normalized spacial score (nSPS) is 12.7. The number of rotatable bonds is 3. The number of aliphatic hydroxyl groups is 1. The lowest BCUT2D eigenvalue weighted by atomic mass is 10.2. The van der Waals surface area contributed by atoms with Gasteiger partial charge in [0.05, 0.1) is 12.3 Å². The molecule has 4 nitrogen and oxygen atoms in total. The summed E-state index contributed by atoms with van der Waals surface area (Å²) in [6.07, 6.45) is 1.39. The fourth-order valence-electron chi connectivity index (χ4n) is 1.46. The molecule has 1 N–H and O–H groups in total. The third-order valence-corrected chi connectivity index (χ3v) is 3.05. The van der Waals surface area contributed by atoms with Crippen molar-refractivity contribution in [1.29, 1.82) is 0 Å². The molecule has 0 amide bonds. The van der Waals surface area contributed by atoms with Gasteiger partial charge in [-0.25, -0.2) is 9.07 Å². The molecule has 2 rings (SSSR count). The van der Waals surface area contributed by atoms with Gasteiger partial charge in [-0.3, -0.25) is 0 Å². The van der Waals surface area contributed by atoms with Gasteiger partial charge < -0.3 is 5.11 Å². The Morgan fingerprint density at radius 3 is 2.94 bits per heavy atom. The van der Waals surface area contributed by atoms with Crippen LogP contribution in [-0.2, 0) is 0 Å². The topological polar surface area (TPSA) is 50.9 Å². The highest BCUT2D eigenvalue weighted by atomic mass is 79.9. The van der Waals surface area contributed by atoms with Gasteiger partial charge in [0, 0.05) is 4.47 Å². The molecule has 1 aromatic carbocycles. The van der Waals surface area contributed by atoms with E-state index in [1.807, 2.05) is 6.92 Å². The number of aromatic nitrogens is 3. The van der Waals surface area contributed by atoms with E-state index in [1.165, 1.54) is 16.9 Å². The SMILES string of the molecule is CCC(O)c1cn(-c2c(F)cccc2Br)nn1. The Hall–Kier alpha value is -1.27. The van der Waals surface area contributed by atoms with Crippen LogP contribution in [-0.4, -0.2) is 20.1 Å². The molecule has 0 fully saturated rings. The van der Waals surface area contributed by atoms with Crippen LogP contribution in [0.15, 0.2) is 28.9 Å². The van der Waals surface area contributed by atoms with Crippen LogP contribution in [0.5, 0.6) is 0 Å². The zero-order valence-corrected chi connectivity index (χ0v) is 10.7. The molecule has 0 aliphatic heterocycles. The van der Waals surface area contributed by atoms with Gasteiger partial charge >= 0.3 is 0 Å². The maximum absolute atomic E-state index is 13.6. The Morgan fingerprint density at radius 1 is 1.53 bits per heavy atom. The van der Waals surface area contributed by atoms with Crippen LogP contribution in [0.3, 0.4) is 0 Å². The molecule has 0 radical (unpaired) electrons. The van der Waals surface area contributed by atoms with Gasteiger partial charge in [-0.15, -0.1) is 5.10 Å². The lowest BCUT2D eigenvalue weighted by molar-refractivity contribution is 0.169. The molecule has 0 aliphatic rings. The summed E-state index contributed by atoms with van der Waals surface area (Å²) >= 11 is 3.26. The zero-order valence-electron chi connectivity index (χ0n) is 9.14. The number of hydrogen-bond donors (Lipinski definition) is 1. The molecule has 1 heterocycles. The highest BCUT2D eigenvalue weighted by Crippen LogP contribution is 2.24. The van der Waals surface area contributed by atoms with Crippen molar-refractivity contribution >= 4 is 15.9 Å². The number of benzene rings is 1. The minimum atomic E-state index is -0.672. The number of hydrogen-bond acceptors (Lipinski definition) is 3. The first-order chi connectivity index (χ1) is 8.13. The minimum Gasteiger partial charge on any atom is -0.387 e. The molecule has 1 aromatic heterocycles. The molecular formula is C11H11BrFN3O. The molecule has 0 aliphatic carbocycles. The van der Waals surface area contributed by atoms with Gasteiger partial charge in [-0.05, 0) is 34.5 Å². The van der Waals surface area contributed by atoms with Crippen LogP contribution >= 0.6 is 15.9 Å². The molecule has 0 spiro atoms.